The molecule has 1 aromatic heterocycles. The molecule has 1 unspecified atom stereocenters. The van der Waals surface area contributed by atoms with Crippen LogP contribution in [0.3, 0.4) is 0 Å². The zero-order valence-electron chi connectivity index (χ0n) is 7.82. The average molecular weight is 196 g/mol. The first-order valence-corrected chi connectivity index (χ1v) is 4.48. The number of aryl methyl sites for hydroxylation is 1. The number of amides is 1. The Bertz CT molecular complexity index is 384. The van der Waals surface area contributed by atoms with E-state index in [2.05, 4.69) is 5.32 Å². The molecule has 0 bridgehead atoms. The number of hydrogen-bond donors (Lipinski definition) is 3. The van der Waals surface area contributed by atoms with E-state index in [0.717, 1.165) is 0 Å². The zero-order valence-corrected chi connectivity index (χ0v) is 7.82. The fourth-order valence-electron chi connectivity index (χ4n) is 1.73. The molecule has 1 saturated heterocycles. The molecule has 5 heteroatoms. The van der Waals surface area contributed by atoms with Crippen LogP contribution < -0.4 is 5.32 Å². The molecule has 2 rings (SSSR count). The molecule has 1 aliphatic rings. The number of aromatic nitrogens is 1. The molecular weight excluding hydrogens is 184 g/mol. The van der Waals surface area contributed by atoms with Crippen LogP contribution in [0.2, 0.25) is 0 Å². The molecule has 1 fully saturated rings. The zero-order chi connectivity index (χ0) is 10.3. The minimum absolute atomic E-state index is 0.00898. The van der Waals surface area contributed by atoms with Gasteiger partial charge in [-0.05, 0) is 13.3 Å². The molecule has 1 amide bonds. The van der Waals surface area contributed by atoms with Crippen molar-refractivity contribution in [3.05, 3.63) is 11.6 Å². The van der Waals surface area contributed by atoms with Crippen molar-refractivity contribution in [3.63, 3.8) is 0 Å². The maximum Gasteiger partial charge on any atom is 0.221 e. The molecule has 2 heterocycles. The van der Waals surface area contributed by atoms with Crippen molar-refractivity contribution < 1.29 is 15.0 Å². The number of aromatic hydroxyl groups is 2. The summed E-state index contributed by atoms with van der Waals surface area (Å²) in [6.07, 6.45) is 0.700. The topological polar surface area (TPSA) is 74.5 Å². The Hall–Kier alpha value is -1.65. The van der Waals surface area contributed by atoms with Crippen LogP contribution >= 0.6 is 0 Å². The van der Waals surface area contributed by atoms with Gasteiger partial charge in [-0.25, -0.2) is 0 Å². The lowest BCUT2D eigenvalue weighted by molar-refractivity contribution is -0.119. The van der Waals surface area contributed by atoms with Gasteiger partial charge in [0, 0.05) is 18.1 Å². The second kappa shape index (κ2) is 2.94. The molecule has 14 heavy (non-hydrogen) atoms. The largest absolute Gasteiger partial charge is 0.494 e. The number of carbonyl (C=O) groups is 1. The lowest BCUT2D eigenvalue weighted by Crippen LogP contribution is -2.22. The molecule has 5 nitrogen and oxygen atoms in total. The third kappa shape index (κ3) is 1.21. The van der Waals surface area contributed by atoms with E-state index in [0.29, 0.717) is 18.4 Å². The Kier molecular flexibility index (Phi) is 1.87. The van der Waals surface area contributed by atoms with Gasteiger partial charge in [0.1, 0.15) is 6.17 Å². The summed E-state index contributed by atoms with van der Waals surface area (Å²) in [6, 6.07) is 1.47. The average Bonchev–Trinajstić information content (AvgIpc) is 2.60. The van der Waals surface area contributed by atoms with Crippen LogP contribution in [0, 0.1) is 6.92 Å². The van der Waals surface area contributed by atoms with Crippen LogP contribution in [0.4, 0.5) is 0 Å². The lowest BCUT2D eigenvalue weighted by atomic mass is 10.3. The summed E-state index contributed by atoms with van der Waals surface area (Å²) in [5, 5.41) is 21.8. The molecular formula is C9H12N2O3. The van der Waals surface area contributed by atoms with Gasteiger partial charge in [-0.15, -0.1) is 0 Å². The molecule has 1 atom stereocenters. The van der Waals surface area contributed by atoms with Crippen LogP contribution in [0.25, 0.3) is 0 Å². The predicted octanol–water partition coefficient (Wildman–Crippen LogP) is 0.616. The Balaban J connectivity index is 2.36. The highest BCUT2D eigenvalue weighted by molar-refractivity contribution is 5.78. The summed E-state index contributed by atoms with van der Waals surface area (Å²) < 4.78 is 1.33. The van der Waals surface area contributed by atoms with Crippen LogP contribution in [0.1, 0.15) is 24.6 Å². The summed E-state index contributed by atoms with van der Waals surface area (Å²) in [4.78, 5) is 11.0. The van der Waals surface area contributed by atoms with E-state index >= 15 is 0 Å². The van der Waals surface area contributed by atoms with Gasteiger partial charge in [0.25, 0.3) is 0 Å². The Morgan fingerprint density at radius 1 is 1.57 bits per heavy atom. The second-order valence-corrected chi connectivity index (χ2v) is 3.50. The molecule has 0 spiro atoms. The molecule has 76 valence electrons. The molecule has 0 aliphatic carbocycles. The van der Waals surface area contributed by atoms with Gasteiger partial charge in [-0.3, -0.25) is 9.36 Å². The molecule has 0 aromatic carbocycles. The number of hydrogen-bond acceptors (Lipinski definition) is 3. The first-order chi connectivity index (χ1) is 6.59. The normalized spacial score (nSPS) is 21.2. The maximum absolute atomic E-state index is 11.0. The number of nitrogens with one attached hydrogen (secondary N) is 1. The highest BCUT2D eigenvalue weighted by atomic mass is 16.3. The highest BCUT2D eigenvalue weighted by Crippen LogP contribution is 2.33. The third-order valence-electron chi connectivity index (χ3n) is 2.46. The van der Waals surface area contributed by atoms with Gasteiger partial charge >= 0.3 is 0 Å². The Morgan fingerprint density at radius 2 is 2.29 bits per heavy atom. The van der Waals surface area contributed by atoms with Crippen molar-refractivity contribution in [2.24, 2.45) is 0 Å². The van der Waals surface area contributed by atoms with Gasteiger partial charge in [-0.1, -0.05) is 0 Å². The van der Waals surface area contributed by atoms with Crippen molar-refractivity contribution in [1.29, 1.82) is 0 Å². The van der Waals surface area contributed by atoms with E-state index in [-0.39, 0.29) is 23.8 Å². The number of rotatable bonds is 1. The van der Waals surface area contributed by atoms with Gasteiger partial charge in [0.05, 0.1) is 0 Å². The standard InChI is InChI=1S/C9H12N2O3/c1-5-4-8(13)11(9(5)14)6-2-3-7(12)10-6/h4,6,13-14H,2-3H2,1H3,(H,10,12). The van der Waals surface area contributed by atoms with Crippen molar-refractivity contribution in [1.82, 2.24) is 9.88 Å². The first-order valence-electron chi connectivity index (χ1n) is 4.48. The maximum atomic E-state index is 11.0. The van der Waals surface area contributed by atoms with Crippen molar-refractivity contribution >= 4 is 5.91 Å². The van der Waals surface area contributed by atoms with E-state index in [1.807, 2.05) is 0 Å². The number of nitrogens with zero attached hydrogens (tertiary/aromatic N) is 1. The van der Waals surface area contributed by atoms with Crippen LogP contribution in [0.5, 0.6) is 11.8 Å². The van der Waals surface area contributed by atoms with E-state index in [4.69, 9.17) is 0 Å². The van der Waals surface area contributed by atoms with Crippen molar-refractivity contribution in [3.8, 4) is 11.8 Å². The van der Waals surface area contributed by atoms with Crippen molar-refractivity contribution in [2.75, 3.05) is 0 Å². The fourth-order valence-corrected chi connectivity index (χ4v) is 1.73. The van der Waals surface area contributed by atoms with Gasteiger partial charge in [0.2, 0.25) is 5.91 Å². The molecule has 3 N–H and O–H groups in total. The fraction of sp³-hybridized carbons (Fsp3) is 0.444. The predicted molar refractivity (Wildman–Crippen MR) is 48.9 cm³/mol. The van der Waals surface area contributed by atoms with Crippen molar-refractivity contribution in [2.45, 2.75) is 25.9 Å². The number of carbonyl (C=O) groups excluding carboxylic acids is 1. The minimum Gasteiger partial charge on any atom is -0.494 e. The Morgan fingerprint density at radius 3 is 2.71 bits per heavy atom. The van der Waals surface area contributed by atoms with E-state index in [9.17, 15) is 15.0 Å². The summed E-state index contributed by atoms with van der Waals surface area (Å²) in [5.74, 6) is -0.0675. The summed E-state index contributed by atoms with van der Waals surface area (Å²) in [7, 11) is 0. The van der Waals surface area contributed by atoms with E-state index in [1.165, 1.54) is 10.6 Å². The molecule has 0 radical (unpaired) electrons. The summed E-state index contributed by atoms with van der Waals surface area (Å²) in [5.41, 5.74) is 0.601. The second-order valence-electron chi connectivity index (χ2n) is 3.50. The highest BCUT2D eigenvalue weighted by Gasteiger charge is 2.26. The lowest BCUT2D eigenvalue weighted by Gasteiger charge is -2.14. The van der Waals surface area contributed by atoms with E-state index < -0.39 is 0 Å². The van der Waals surface area contributed by atoms with Gasteiger partial charge in [-0.2, -0.15) is 0 Å². The van der Waals surface area contributed by atoms with Gasteiger partial charge in [0.15, 0.2) is 11.8 Å². The summed E-state index contributed by atoms with van der Waals surface area (Å²) >= 11 is 0. The van der Waals surface area contributed by atoms with Crippen LogP contribution in [-0.2, 0) is 4.79 Å². The first kappa shape index (κ1) is 8.93. The van der Waals surface area contributed by atoms with Gasteiger partial charge < -0.3 is 15.5 Å². The molecule has 1 aromatic rings. The van der Waals surface area contributed by atoms with E-state index in [1.54, 1.807) is 6.92 Å². The SMILES string of the molecule is Cc1cc(O)n(C2CCC(=O)N2)c1O. The molecule has 0 saturated carbocycles. The Labute approximate surface area is 81.0 Å². The molecule has 1 aliphatic heterocycles. The minimum atomic E-state index is -0.323. The van der Waals surface area contributed by atoms with Crippen LogP contribution in [-0.4, -0.2) is 20.7 Å². The quantitative estimate of drug-likeness (QED) is 0.616. The van der Waals surface area contributed by atoms with Crippen LogP contribution in [0.15, 0.2) is 6.07 Å². The summed E-state index contributed by atoms with van der Waals surface area (Å²) in [6.45, 7) is 1.70. The third-order valence-corrected chi connectivity index (χ3v) is 2.46. The monoisotopic (exact) mass is 196 g/mol. The smallest absolute Gasteiger partial charge is 0.221 e.